The van der Waals surface area contributed by atoms with Crippen LogP contribution >= 0.6 is 23.2 Å². The lowest BCUT2D eigenvalue weighted by Gasteiger charge is -2.33. The monoisotopic (exact) mass is 480 g/mol. The van der Waals surface area contributed by atoms with Gasteiger partial charge in [0.1, 0.15) is 0 Å². The summed E-state index contributed by atoms with van der Waals surface area (Å²) in [6, 6.07) is 13.1. The summed E-state index contributed by atoms with van der Waals surface area (Å²) >= 11 is 12.0. The first kappa shape index (κ1) is 22.6. The molecule has 0 radical (unpaired) electrons. The number of nitrogens with zero attached hydrogens (tertiary/aromatic N) is 1. The molecular formula is C23H26Cl2N2O3S. The van der Waals surface area contributed by atoms with Crippen molar-refractivity contribution in [3.63, 3.8) is 0 Å². The zero-order chi connectivity index (χ0) is 22.0. The van der Waals surface area contributed by atoms with Crippen molar-refractivity contribution in [2.75, 3.05) is 13.1 Å². The lowest BCUT2D eigenvalue weighted by atomic mass is 9.87. The van der Waals surface area contributed by atoms with Crippen LogP contribution in [0.2, 0.25) is 10.0 Å². The molecule has 2 aliphatic rings. The Bertz CT molecular complexity index is 1070. The largest absolute Gasteiger partial charge is 0.349 e. The SMILES string of the molecule is O=C(NC1CCCc2ccccc21)C1CCCN(S(=O)(=O)Cc2ccc(Cl)c(Cl)c2)C1. The molecule has 5 nitrogen and oxygen atoms in total. The Balaban J connectivity index is 1.42. The molecule has 0 spiro atoms. The molecule has 1 heterocycles. The van der Waals surface area contributed by atoms with E-state index in [0.717, 1.165) is 19.3 Å². The molecule has 166 valence electrons. The Morgan fingerprint density at radius 2 is 1.87 bits per heavy atom. The van der Waals surface area contributed by atoms with E-state index in [4.69, 9.17) is 23.2 Å². The summed E-state index contributed by atoms with van der Waals surface area (Å²) in [5.74, 6) is -0.559. The fourth-order valence-corrected chi connectivity index (χ4v) is 6.45. The van der Waals surface area contributed by atoms with Crippen LogP contribution in [0.15, 0.2) is 42.5 Å². The number of hydrogen-bond acceptors (Lipinski definition) is 3. The molecule has 1 saturated heterocycles. The van der Waals surface area contributed by atoms with E-state index in [1.54, 1.807) is 18.2 Å². The van der Waals surface area contributed by atoms with Crippen molar-refractivity contribution in [2.24, 2.45) is 5.92 Å². The van der Waals surface area contributed by atoms with Crippen molar-refractivity contribution in [1.82, 2.24) is 9.62 Å². The van der Waals surface area contributed by atoms with Gasteiger partial charge in [0.05, 0.1) is 27.8 Å². The molecule has 1 N–H and O–H groups in total. The highest BCUT2D eigenvalue weighted by Crippen LogP contribution is 2.31. The van der Waals surface area contributed by atoms with E-state index in [2.05, 4.69) is 17.4 Å². The van der Waals surface area contributed by atoms with Gasteiger partial charge in [0.2, 0.25) is 15.9 Å². The van der Waals surface area contributed by atoms with Crippen LogP contribution in [0.3, 0.4) is 0 Å². The van der Waals surface area contributed by atoms with Gasteiger partial charge in [-0.25, -0.2) is 12.7 Å². The molecule has 1 aliphatic heterocycles. The van der Waals surface area contributed by atoms with Gasteiger partial charge in [-0.2, -0.15) is 0 Å². The highest BCUT2D eigenvalue weighted by atomic mass is 35.5. The van der Waals surface area contributed by atoms with Gasteiger partial charge in [-0.1, -0.05) is 53.5 Å². The molecule has 0 saturated carbocycles. The molecular weight excluding hydrogens is 455 g/mol. The van der Waals surface area contributed by atoms with Crippen molar-refractivity contribution in [2.45, 2.75) is 43.9 Å². The fourth-order valence-electron chi connectivity index (χ4n) is 4.53. The summed E-state index contributed by atoms with van der Waals surface area (Å²) < 4.78 is 27.4. The fraction of sp³-hybridized carbons (Fsp3) is 0.435. The molecule has 2 aromatic carbocycles. The van der Waals surface area contributed by atoms with Crippen LogP contribution in [0.1, 0.15) is 48.4 Å². The summed E-state index contributed by atoms with van der Waals surface area (Å²) in [5.41, 5.74) is 3.05. The van der Waals surface area contributed by atoms with Crippen molar-refractivity contribution >= 4 is 39.1 Å². The average Bonchev–Trinajstić information content (AvgIpc) is 2.76. The van der Waals surface area contributed by atoms with Gasteiger partial charge in [-0.3, -0.25) is 4.79 Å². The van der Waals surface area contributed by atoms with Gasteiger partial charge >= 0.3 is 0 Å². The Morgan fingerprint density at radius 3 is 2.68 bits per heavy atom. The van der Waals surface area contributed by atoms with E-state index < -0.39 is 10.0 Å². The zero-order valence-electron chi connectivity index (χ0n) is 17.2. The van der Waals surface area contributed by atoms with Crippen LogP contribution < -0.4 is 5.32 Å². The highest BCUT2D eigenvalue weighted by Gasteiger charge is 2.33. The maximum Gasteiger partial charge on any atom is 0.224 e. The topological polar surface area (TPSA) is 66.5 Å². The maximum atomic E-state index is 13.0. The second kappa shape index (κ2) is 9.49. The van der Waals surface area contributed by atoms with E-state index >= 15 is 0 Å². The number of nitrogens with one attached hydrogen (secondary N) is 1. The predicted molar refractivity (Wildman–Crippen MR) is 124 cm³/mol. The van der Waals surface area contributed by atoms with Crippen molar-refractivity contribution in [3.05, 3.63) is 69.2 Å². The number of amides is 1. The van der Waals surface area contributed by atoms with Gasteiger partial charge in [0.15, 0.2) is 0 Å². The predicted octanol–water partition coefficient (Wildman–Crippen LogP) is 4.73. The number of benzene rings is 2. The quantitative estimate of drug-likeness (QED) is 0.672. The summed E-state index contributed by atoms with van der Waals surface area (Å²) in [6.07, 6.45) is 4.34. The Kier molecular flexibility index (Phi) is 6.92. The number of fused-ring (bicyclic) bond motifs is 1. The molecule has 1 amide bonds. The van der Waals surface area contributed by atoms with Crippen LogP contribution in [0.25, 0.3) is 0 Å². The third-order valence-electron chi connectivity index (χ3n) is 6.17. The first-order chi connectivity index (χ1) is 14.8. The molecule has 2 unspecified atom stereocenters. The first-order valence-electron chi connectivity index (χ1n) is 10.6. The maximum absolute atomic E-state index is 13.0. The lowest BCUT2D eigenvalue weighted by Crippen LogP contribution is -2.46. The molecule has 8 heteroatoms. The number of carbonyl (C=O) groups excluding carboxylic acids is 1. The standard InChI is InChI=1S/C23H26Cl2N2O3S/c24-20-11-10-16(13-21(20)25)15-31(29,30)27-12-4-7-18(14-27)23(28)26-22-9-3-6-17-5-1-2-8-19(17)22/h1-2,5,8,10-11,13,18,22H,3-4,6-7,9,12,14-15H2,(H,26,28). The normalized spacial score (nSPS) is 22.0. The van der Waals surface area contributed by atoms with Crippen molar-refractivity contribution in [1.29, 1.82) is 0 Å². The minimum absolute atomic E-state index is 0.000595. The Morgan fingerprint density at radius 1 is 1.06 bits per heavy atom. The summed E-state index contributed by atoms with van der Waals surface area (Å²) in [7, 11) is -3.56. The van der Waals surface area contributed by atoms with E-state index in [1.807, 2.05) is 12.1 Å². The molecule has 31 heavy (non-hydrogen) atoms. The summed E-state index contributed by atoms with van der Waals surface area (Å²) in [6.45, 7) is 0.642. The molecule has 2 atom stereocenters. The number of hydrogen-bond donors (Lipinski definition) is 1. The molecule has 2 aromatic rings. The smallest absolute Gasteiger partial charge is 0.224 e. The molecule has 0 aromatic heterocycles. The van der Waals surface area contributed by atoms with Crippen LogP contribution in [-0.2, 0) is 27.0 Å². The van der Waals surface area contributed by atoms with Gasteiger partial charge in [0.25, 0.3) is 0 Å². The van der Waals surface area contributed by atoms with E-state index in [-0.39, 0.29) is 30.2 Å². The second-order valence-electron chi connectivity index (χ2n) is 8.35. The molecule has 1 aliphatic carbocycles. The van der Waals surface area contributed by atoms with Gasteiger partial charge in [-0.05, 0) is 60.9 Å². The van der Waals surface area contributed by atoms with E-state index in [0.29, 0.717) is 35.0 Å². The lowest BCUT2D eigenvalue weighted by molar-refractivity contribution is -0.127. The van der Waals surface area contributed by atoms with E-state index in [9.17, 15) is 13.2 Å². The zero-order valence-corrected chi connectivity index (χ0v) is 19.5. The minimum Gasteiger partial charge on any atom is -0.349 e. The summed E-state index contributed by atoms with van der Waals surface area (Å²) in [4.78, 5) is 13.0. The average molecular weight is 481 g/mol. The minimum atomic E-state index is -3.56. The van der Waals surface area contributed by atoms with Crippen LogP contribution in [-0.4, -0.2) is 31.7 Å². The third kappa shape index (κ3) is 5.25. The van der Waals surface area contributed by atoms with Crippen LogP contribution in [0.4, 0.5) is 0 Å². The Labute approximate surface area is 193 Å². The number of halogens is 2. The number of piperidine rings is 1. The van der Waals surface area contributed by atoms with E-state index in [1.165, 1.54) is 15.4 Å². The van der Waals surface area contributed by atoms with Crippen LogP contribution in [0, 0.1) is 5.92 Å². The molecule has 1 fully saturated rings. The number of aryl methyl sites for hydroxylation is 1. The second-order valence-corrected chi connectivity index (χ2v) is 11.1. The highest BCUT2D eigenvalue weighted by molar-refractivity contribution is 7.88. The van der Waals surface area contributed by atoms with Gasteiger partial charge in [-0.15, -0.1) is 0 Å². The van der Waals surface area contributed by atoms with Crippen LogP contribution in [0.5, 0.6) is 0 Å². The van der Waals surface area contributed by atoms with Gasteiger partial charge < -0.3 is 5.32 Å². The first-order valence-corrected chi connectivity index (χ1v) is 13.0. The van der Waals surface area contributed by atoms with Crippen molar-refractivity contribution in [3.8, 4) is 0 Å². The molecule has 0 bridgehead atoms. The number of rotatable bonds is 5. The summed E-state index contributed by atoms with van der Waals surface area (Å²) in [5, 5.41) is 3.91. The Hall–Kier alpha value is -1.60. The third-order valence-corrected chi connectivity index (χ3v) is 8.72. The number of sulfonamides is 1. The van der Waals surface area contributed by atoms with Crippen molar-refractivity contribution < 1.29 is 13.2 Å². The number of carbonyl (C=O) groups is 1. The molecule has 4 rings (SSSR count). The van der Waals surface area contributed by atoms with Gasteiger partial charge in [0, 0.05) is 13.1 Å².